The maximum atomic E-state index is 13.3. The minimum Gasteiger partial charge on any atom is -0.396 e. The first kappa shape index (κ1) is 26.5. The summed E-state index contributed by atoms with van der Waals surface area (Å²) in [6, 6.07) is 0. The predicted octanol–water partition coefficient (Wildman–Crippen LogP) is 2.22. The number of aryl methyl sites for hydroxylation is 1. The molecule has 35 heavy (non-hydrogen) atoms. The molecule has 3 aliphatic heterocycles. The van der Waals surface area contributed by atoms with E-state index in [-0.39, 0.29) is 42.6 Å². The van der Waals surface area contributed by atoms with E-state index in [2.05, 4.69) is 0 Å². The second-order valence-corrected chi connectivity index (χ2v) is 9.71. The maximum Gasteiger partial charge on any atom is 0.333 e. The van der Waals surface area contributed by atoms with Crippen LogP contribution in [0.5, 0.6) is 0 Å². The molecule has 3 fully saturated rings. The van der Waals surface area contributed by atoms with Crippen LogP contribution in [0.3, 0.4) is 0 Å². The van der Waals surface area contributed by atoms with E-state index in [1.807, 2.05) is 0 Å². The highest BCUT2D eigenvalue weighted by Gasteiger charge is 2.40. The molecule has 0 aromatic carbocycles. The molecule has 1 aromatic heterocycles. The summed E-state index contributed by atoms with van der Waals surface area (Å²) < 4.78 is 32.9. The van der Waals surface area contributed by atoms with Gasteiger partial charge in [-0.15, -0.1) is 0 Å². The van der Waals surface area contributed by atoms with Gasteiger partial charge in [-0.3, -0.25) is 13.9 Å². The van der Waals surface area contributed by atoms with Crippen molar-refractivity contribution in [3.63, 3.8) is 0 Å². The SMILES string of the molecule is Cc1cn([C@H]2C[C@H](OC3CCCCO3)[C@@H](COC3CCCCO3)O2)c(=O)n(CCCCCO)c1=O. The third kappa shape index (κ3) is 7.02. The number of hydrogen-bond donors (Lipinski definition) is 1. The molecule has 0 bridgehead atoms. The Morgan fingerprint density at radius 1 is 1.03 bits per heavy atom. The van der Waals surface area contributed by atoms with Crippen molar-refractivity contribution in [2.75, 3.05) is 26.4 Å². The normalized spacial score (nSPS) is 29.5. The van der Waals surface area contributed by atoms with Crippen LogP contribution in [0.4, 0.5) is 0 Å². The molecule has 0 spiro atoms. The average Bonchev–Trinajstić information content (AvgIpc) is 3.28. The van der Waals surface area contributed by atoms with Gasteiger partial charge < -0.3 is 28.8 Å². The number of unbranched alkanes of at least 4 members (excludes halogenated alkanes) is 2. The molecule has 0 saturated carbocycles. The molecular weight excluding hydrogens is 456 g/mol. The van der Waals surface area contributed by atoms with Crippen LogP contribution in [0, 0.1) is 6.92 Å². The van der Waals surface area contributed by atoms with Crippen LogP contribution in [0.15, 0.2) is 15.8 Å². The van der Waals surface area contributed by atoms with E-state index in [0.717, 1.165) is 44.9 Å². The molecule has 1 aromatic rings. The minimum atomic E-state index is -0.569. The summed E-state index contributed by atoms with van der Waals surface area (Å²) in [5.74, 6) is 0. The summed E-state index contributed by atoms with van der Waals surface area (Å²) in [5, 5.41) is 9.01. The summed E-state index contributed by atoms with van der Waals surface area (Å²) in [7, 11) is 0. The third-order valence-electron chi connectivity index (χ3n) is 6.95. The number of rotatable bonds is 11. The highest BCUT2D eigenvalue weighted by molar-refractivity contribution is 5.04. The summed E-state index contributed by atoms with van der Waals surface area (Å²) in [6.45, 7) is 3.80. The van der Waals surface area contributed by atoms with Crippen molar-refractivity contribution in [3.8, 4) is 0 Å². The Kier molecular flexibility index (Phi) is 9.93. The summed E-state index contributed by atoms with van der Waals surface area (Å²) in [4.78, 5) is 26.0. The Hall–Kier alpha value is -1.56. The van der Waals surface area contributed by atoms with Crippen molar-refractivity contribution in [1.29, 1.82) is 0 Å². The van der Waals surface area contributed by atoms with Gasteiger partial charge >= 0.3 is 5.69 Å². The zero-order chi connectivity index (χ0) is 24.6. The number of aliphatic hydroxyl groups is 1. The van der Waals surface area contributed by atoms with Gasteiger partial charge in [-0.25, -0.2) is 4.79 Å². The molecule has 10 nitrogen and oxygen atoms in total. The molecule has 0 radical (unpaired) electrons. The Labute approximate surface area is 206 Å². The first-order valence-electron chi connectivity index (χ1n) is 13.2. The topological polar surface area (TPSA) is 110 Å². The second kappa shape index (κ2) is 13.1. The fourth-order valence-corrected chi connectivity index (χ4v) is 4.94. The molecule has 198 valence electrons. The first-order chi connectivity index (χ1) is 17.1. The van der Waals surface area contributed by atoms with E-state index in [1.54, 1.807) is 13.1 Å². The standard InChI is InChI=1S/C25H40N2O8/c1-18-16-27(25(30)26(24(18)29)11-5-2-6-12-28)21-15-19(35-23-10-4-8-14-32-23)20(34-21)17-33-22-9-3-7-13-31-22/h16,19-23,28H,2-15,17H2,1H3/t19-,20+,21+,22?,23?/m0/s1. The lowest BCUT2D eigenvalue weighted by Gasteiger charge is -2.29. The van der Waals surface area contributed by atoms with Gasteiger partial charge in [-0.1, -0.05) is 0 Å². The van der Waals surface area contributed by atoms with Gasteiger partial charge in [-0.05, 0) is 64.7 Å². The van der Waals surface area contributed by atoms with Crippen molar-refractivity contribution in [1.82, 2.24) is 9.13 Å². The molecule has 1 N–H and O–H groups in total. The lowest BCUT2D eigenvalue weighted by molar-refractivity contribution is -0.216. The number of nitrogens with zero attached hydrogens (tertiary/aromatic N) is 2. The van der Waals surface area contributed by atoms with E-state index in [9.17, 15) is 9.59 Å². The van der Waals surface area contributed by atoms with Crippen LogP contribution >= 0.6 is 0 Å². The zero-order valence-corrected chi connectivity index (χ0v) is 20.8. The molecule has 4 rings (SSSR count). The van der Waals surface area contributed by atoms with E-state index in [4.69, 9.17) is 28.8 Å². The predicted molar refractivity (Wildman–Crippen MR) is 127 cm³/mol. The largest absolute Gasteiger partial charge is 0.396 e. The highest BCUT2D eigenvalue weighted by atomic mass is 16.7. The fourth-order valence-electron chi connectivity index (χ4n) is 4.94. The Morgan fingerprint density at radius 2 is 1.77 bits per heavy atom. The monoisotopic (exact) mass is 496 g/mol. The Balaban J connectivity index is 1.49. The number of aromatic nitrogens is 2. The zero-order valence-electron chi connectivity index (χ0n) is 20.8. The van der Waals surface area contributed by atoms with Crippen LogP contribution in [0.1, 0.15) is 76.0 Å². The van der Waals surface area contributed by atoms with Gasteiger partial charge in [0.1, 0.15) is 12.3 Å². The van der Waals surface area contributed by atoms with Crippen molar-refractivity contribution >= 4 is 0 Å². The average molecular weight is 497 g/mol. The number of aliphatic hydroxyl groups excluding tert-OH is 1. The summed E-state index contributed by atoms with van der Waals surface area (Å²) >= 11 is 0. The van der Waals surface area contributed by atoms with E-state index >= 15 is 0 Å². The lowest BCUT2D eigenvalue weighted by atomic mass is 10.1. The van der Waals surface area contributed by atoms with Gasteiger partial charge in [-0.2, -0.15) is 0 Å². The van der Waals surface area contributed by atoms with Crippen LogP contribution < -0.4 is 11.2 Å². The quantitative estimate of drug-likeness (QED) is 0.465. The van der Waals surface area contributed by atoms with Gasteiger partial charge in [0.2, 0.25) is 0 Å². The van der Waals surface area contributed by atoms with Crippen molar-refractivity contribution in [3.05, 3.63) is 32.6 Å². The molecule has 10 heteroatoms. The van der Waals surface area contributed by atoms with Crippen molar-refractivity contribution < 1.29 is 28.8 Å². The second-order valence-electron chi connectivity index (χ2n) is 9.71. The third-order valence-corrected chi connectivity index (χ3v) is 6.95. The van der Waals surface area contributed by atoms with Gasteiger partial charge in [0.25, 0.3) is 5.56 Å². The van der Waals surface area contributed by atoms with Crippen molar-refractivity contribution in [2.45, 2.75) is 109 Å². The van der Waals surface area contributed by atoms with Gasteiger partial charge in [0.15, 0.2) is 12.6 Å². The number of ether oxygens (including phenoxy) is 5. The fraction of sp³-hybridized carbons (Fsp3) is 0.840. The number of hydrogen-bond acceptors (Lipinski definition) is 8. The smallest absolute Gasteiger partial charge is 0.333 e. The molecular formula is C25H40N2O8. The Bertz CT molecular complexity index is 904. The first-order valence-corrected chi connectivity index (χ1v) is 13.2. The molecule has 0 amide bonds. The highest BCUT2D eigenvalue weighted by Crippen LogP contribution is 2.33. The van der Waals surface area contributed by atoms with Crippen LogP contribution in [0.25, 0.3) is 0 Å². The summed E-state index contributed by atoms with van der Waals surface area (Å²) in [5.41, 5.74) is -0.191. The molecule has 3 aliphatic rings. The van der Waals surface area contributed by atoms with Crippen LogP contribution in [-0.4, -0.2) is 65.5 Å². The molecule has 3 saturated heterocycles. The van der Waals surface area contributed by atoms with E-state index in [0.29, 0.717) is 51.2 Å². The van der Waals surface area contributed by atoms with E-state index < -0.39 is 6.23 Å². The lowest BCUT2D eigenvalue weighted by Crippen LogP contribution is -2.42. The van der Waals surface area contributed by atoms with Crippen molar-refractivity contribution in [2.24, 2.45) is 0 Å². The summed E-state index contributed by atoms with van der Waals surface area (Å²) in [6.07, 6.45) is 8.19. The van der Waals surface area contributed by atoms with Gasteiger partial charge in [0.05, 0.1) is 12.7 Å². The van der Waals surface area contributed by atoms with Gasteiger partial charge in [0, 0.05) is 44.5 Å². The Morgan fingerprint density at radius 3 is 2.46 bits per heavy atom. The van der Waals surface area contributed by atoms with E-state index in [1.165, 1.54) is 9.13 Å². The molecule has 4 heterocycles. The molecule has 0 aliphatic carbocycles. The molecule has 5 atom stereocenters. The van der Waals surface area contributed by atoms with Crippen LogP contribution in [-0.2, 0) is 30.2 Å². The maximum absolute atomic E-state index is 13.3. The van der Waals surface area contributed by atoms with Crippen LogP contribution in [0.2, 0.25) is 0 Å². The molecule has 2 unspecified atom stereocenters. The minimum absolute atomic E-state index is 0.102.